The van der Waals surface area contributed by atoms with E-state index in [1.54, 1.807) is 6.07 Å². The fourth-order valence-corrected chi connectivity index (χ4v) is 2.10. The van der Waals surface area contributed by atoms with Crippen molar-refractivity contribution in [3.63, 3.8) is 0 Å². The average Bonchev–Trinajstić information content (AvgIpc) is 2.64. The van der Waals surface area contributed by atoms with Crippen LogP contribution in [0.1, 0.15) is 0 Å². The predicted octanol–water partition coefficient (Wildman–Crippen LogP) is 1.94. The maximum atomic E-state index is 10.5. The fourth-order valence-electron chi connectivity index (χ4n) is 1.53. The van der Waals surface area contributed by atoms with E-state index in [0.717, 1.165) is 13.1 Å². The molecule has 1 aromatic carbocycles. The maximum Gasteiger partial charge on any atom is 0.271 e. The smallest absolute Gasteiger partial charge is 0.271 e. The van der Waals surface area contributed by atoms with Crippen LogP contribution in [0.5, 0.6) is 0 Å². The molecule has 7 heteroatoms. The lowest BCUT2D eigenvalue weighted by Crippen LogP contribution is -2.27. The highest BCUT2D eigenvalue weighted by Crippen LogP contribution is 2.30. The Morgan fingerprint density at radius 2 is 2.31 bits per heavy atom. The quantitative estimate of drug-likeness (QED) is 0.499. The molecule has 0 aromatic heterocycles. The number of nitro groups is 1. The van der Waals surface area contributed by atoms with Crippen molar-refractivity contribution < 1.29 is 4.92 Å². The first-order valence-corrected chi connectivity index (χ1v) is 5.37. The van der Waals surface area contributed by atoms with Gasteiger partial charge in [0, 0.05) is 25.2 Å². The monoisotopic (exact) mass is 257 g/mol. The zero-order valence-electron chi connectivity index (χ0n) is 8.14. The first-order chi connectivity index (χ1) is 7.59. The van der Waals surface area contributed by atoms with Gasteiger partial charge in [-0.25, -0.2) is 0 Å². The van der Waals surface area contributed by atoms with Gasteiger partial charge in [0.25, 0.3) is 5.69 Å². The Balaban J connectivity index is 2.36. The number of thiocarbonyl (C=S) groups is 1. The van der Waals surface area contributed by atoms with Crippen LogP contribution in [0.4, 0.5) is 11.4 Å². The molecule has 2 rings (SSSR count). The standard InChI is InChI=1S/C9H8ClN3O2S/c10-7-5-6(13(14)15)1-2-8(7)12-4-3-11-9(12)16/h1-2,5H,3-4H2,(H,11,16). The van der Waals surface area contributed by atoms with E-state index < -0.39 is 4.92 Å². The van der Waals surface area contributed by atoms with Crippen LogP contribution in [-0.4, -0.2) is 23.1 Å². The average molecular weight is 258 g/mol. The van der Waals surface area contributed by atoms with E-state index in [-0.39, 0.29) is 5.69 Å². The minimum absolute atomic E-state index is 0.0215. The molecule has 0 radical (unpaired) electrons. The number of hydrogen-bond donors (Lipinski definition) is 1. The predicted molar refractivity (Wildman–Crippen MR) is 66.1 cm³/mol. The molecule has 1 heterocycles. The van der Waals surface area contributed by atoms with E-state index in [4.69, 9.17) is 23.8 Å². The molecule has 16 heavy (non-hydrogen) atoms. The second kappa shape index (κ2) is 4.23. The molecule has 84 valence electrons. The van der Waals surface area contributed by atoms with Gasteiger partial charge in [-0.15, -0.1) is 0 Å². The molecule has 1 N–H and O–H groups in total. The van der Waals surface area contributed by atoms with Crippen molar-refractivity contribution >= 4 is 40.3 Å². The number of nitrogens with zero attached hydrogens (tertiary/aromatic N) is 2. The van der Waals surface area contributed by atoms with Crippen LogP contribution in [0, 0.1) is 10.1 Å². The van der Waals surface area contributed by atoms with Crippen LogP contribution >= 0.6 is 23.8 Å². The third-order valence-corrected chi connectivity index (χ3v) is 2.96. The maximum absolute atomic E-state index is 10.5. The lowest BCUT2D eigenvalue weighted by atomic mass is 10.2. The SMILES string of the molecule is O=[N+]([O-])c1ccc(N2CCNC2=S)c(Cl)c1. The lowest BCUT2D eigenvalue weighted by Gasteiger charge is -2.17. The summed E-state index contributed by atoms with van der Waals surface area (Å²) in [6.07, 6.45) is 0. The summed E-state index contributed by atoms with van der Waals surface area (Å²) in [6, 6.07) is 4.36. The largest absolute Gasteiger partial charge is 0.360 e. The topological polar surface area (TPSA) is 58.4 Å². The highest BCUT2D eigenvalue weighted by molar-refractivity contribution is 7.80. The van der Waals surface area contributed by atoms with Gasteiger partial charge >= 0.3 is 0 Å². The number of anilines is 1. The van der Waals surface area contributed by atoms with E-state index in [1.807, 2.05) is 4.90 Å². The molecule has 1 saturated heterocycles. The van der Waals surface area contributed by atoms with Gasteiger partial charge in [-0.1, -0.05) is 11.6 Å². The van der Waals surface area contributed by atoms with Crippen LogP contribution in [0.25, 0.3) is 0 Å². The summed E-state index contributed by atoms with van der Waals surface area (Å²) in [5.41, 5.74) is 0.675. The zero-order chi connectivity index (χ0) is 11.7. The summed E-state index contributed by atoms with van der Waals surface area (Å²) >= 11 is 11.1. The first kappa shape index (κ1) is 11.1. The van der Waals surface area contributed by atoms with Crippen LogP contribution in [0.2, 0.25) is 5.02 Å². The van der Waals surface area contributed by atoms with E-state index >= 15 is 0 Å². The van der Waals surface area contributed by atoms with Crippen LogP contribution in [-0.2, 0) is 0 Å². The number of benzene rings is 1. The molecule has 0 unspecified atom stereocenters. The second-order valence-electron chi connectivity index (χ2n) is 3.28. The number of nitrogens with one attached hydrogen (secondary N) is 1. The Labute approximate surface area is 102 Å². The van der Waals surface area contributed by atoms with Crippen molar-refractivity contribution in [1.29, 1.82) is 0 Å². The van der Waals surface area contributed by atoms with Gasteiger partial charge in [-0.3, -0.25) is 10.1 Å². The van der Waals surface area contributed by atoms with E-state index in [1.165, 1.54) is 12.1 Å². The summed E-state index contributed by atoms with van der Waals surface area (Å²) in [4.78, 5) is 11.9. The molecule has 5 nitrogen and oxygen atoms in total. The molecule has 0 atom stereocenters. The van der Waals surface area contributed by atoms with Crippen LogP contribution in [0.15, 0.2) is 18.2 Å². The number of halogens is 1. The number of non-ortho nitro benzene ring substituents is 1. The fraction of sp³-hybridized carbons (Fsp3) is 0.222. The van der Waals surface area contributed by atoms with E-state index in [0.29, 0.717) is 15.8 Å². The molecule has 1 aliphatic rings. The Bertz CT molecular complexity index is 466. The van der Waals surface area contributed by atoms with Crippen molar-refractivity contribution in [1.82, 2.24) is 5.32 Å². The van der Waals surface area contributed by atoms with E-state index in [9.17, 15) is 10.1 Å². The summed E-state index contributed by atoms with van der Waals surface area (Å²) in [5.74, 6) is 0. The third-order valence-electron chi connectivity index (χ3n) is 2.29. The molecule has 0 bridgehead atoms. The molecule has 0 spiro atoms. The van der Waals surface area contributed by atoms with Crippen molar-refractivity contribution in [3.05, 3.63) is 33.3 Å². The Morgan fingerprint density at radius 3 is 2.81 bits per heavy atom. The van der Waals surface area contributed by atoms with Crippen molar-refractivity contribution in [3.8, 4) is 0 Å². The molecule has 0 aliphatic carbocycles. The first-order valence-electron chi connectivity index (χ1n) is 4.59. The molecule has 1 aliphatic heterocycles. The molecule has 1 fully saturated rings. The zero-order valence-corrected chi connectivity index (χ0v) is 9.72. The lowest BCUT2D eigenvalue weighted by molar-refractivity contribution is -0.384. The highest BCUT2D eigenvalue weighted by Gasteiger charge is 2.21. The highest BCUT2D eigenvalue weighted by atomic mass is 35.5. The third kappa shape index (κ3) is 1.94. The van der Waals surface area contributed by atoms with Gasteiger partial charge in [0.1, 0.15) is 0 Å². The second-order valence-corrected chi connectivity index (χ2v) is 4.07. The minimum Gasteiger partial charge on any atom is -0.360 e. The minimum atomic E-state index is -0.476. The number of rotatable bonds is 2. The van der Waals surface area contributed by atoms with Gasteiger partial charge in [0.2, 0.25) is 0 Å². The van der Waals surface area contributed by atoms with Crippen LogP contribution < -0.4 is 10.2 Å². The molecular weight excluding hydrogens is 250 g/mol. The summed E-state index contributed by atoms with van der Waals surface area (Å²) in [7, 11) is 0. The van der Waals surface area contributed by atoms with Crippen molar-refractivity contribution in [2.45, 2.75) is 0 Å². The van der Waals surface area contributed by atoms with Gasteiger partial charge in [-0.05, 0) is 18.3 Å². The number of hydrogen-bond acceptors (Lipinski definition) is 3. The van der Waals surface area contributed by atoms with Crippen LogP contribution in [0.3, 0.4) is 0 Å². The normalized spacial score (nSPS) is 15.1. The van der Waals surface area contributed by atoms with E-state index in [2.05, 4.69) is 5.32 Å². The van der Waals surface area contributed by atoms with Gasteiger partial charge in [0.15, 0.2) is 5.11 Å². The van der Waals surface area contributed by atoms with Gasteiger partial charge in [0.05, 0.1) is 15.6 Å². The molecule has 0 amide bonds. The Hall–Kier alpha value is -1.40. The Kier molecular flexibility index (Phi) is 2.93. The molecule has 1 aromatic rings. The summed E-state index contributed by atoms with van der Waals surface area (Å²) in [6.45, 7) is 1.47. The summed E-state index contributed by atoms with van der Waals surface area (Å²) < 4.78 is 0. The number of nitro benzene ring substituents is 1. The van der Waals surface area contributed by atoms with Crippen molar-refractivity contribution in [2.24, 2.45) is 0 Å². The molecule has 0 saturated carbocycles. The van der Waals surface area contributed by atoms with Gasteiger partial charge in [-0.2, -0.15) is 0 Å². The van der Waals surface area contributed by atoms with Crippen molar-refractivity contribution in [2.75, 3.05) is 18.0 Å². The Morgan fingerprint density at radius 1 is 1.56 bits per heavy atom. The molecular formula is C9H8ClN3O2S. The summed E-state index contributed by atoms with van der Waals surface area (Å²) in [5, 5.41) is 14.5. The van der Waals surface area contributed by atoms with Gasteiger partial charge < -0.3 is 10.2 Å².